The number of para-hydroxylation sites is 1. The monoisotopic (exact) mass is 362 g/mol. The van der Waals surface area contributed by atoms with Gasteiger partial charge in [-0.15, -0.1) is 0 Å². The minimum Gasteiger partial charge on any atom is -0.497 e. The van der Waals surface area contributed by atoms with E-state index in [4.69, 9.17) is 4.74 Å². The van der Waals surface area contributed by atoms with Crippen LogP contribution in [-0.2, 0) is 6.42 Å². The average molecular weight is 362 g/mol. The van der Waals surface area contributed by atoms with Gasteiger partial charge in [-0.05, 0) is 36.6 Å². The van der Waals surface area contributed by atoms with Gasteiger partial charge in [0.2, 0.25) is 5.95 Å². The molecular weight excluding hydrogens is 340 g/mol. The van der Waals surface area contributed by atoms with Gasteiger partial charge in [0.15, 0.2) is 0 Å². The molecule has 0 aliphatic rings. The Labute approximate surface area is 158 Å². The van der Waals surface area contributed by atoms with Crippen LogP contribution < -0.4 is 15.4 Å². The number of aryl methyl sites for hydroxylation is 2. The summed E-state index contributed by atoms with van der Waals surface area (Å²) >= 11 is 0. The third-order valence-corrected chi connectivity index (χ3v) is 4.22. The number of benzene rings is 2. The van der Waals surface area contributed by atoms with Crippen molar-refractivity contribution in [3.05, 3.63) is 71.5 Å². The van der Waals surface area contributed by atoms with E-state index in [0.717, 1.165) is 34.7 Å². The molecule has 0 atom stereocenters. The molecule has 0 aliphatic carbocycles. The molecule has 2 aromatic carbocycles. The summed E-state index contributed by atoms with van der Waals surface area (Å²) in [6.45, 7) is 4.04. The molecule has 6 heteroatoms. The Morgan fingerprint density at radius 2 is 1.85 bits per heavy atom. The second-order valence-corrected chi connectivity index (χ2v) is 6.07. The summed E-state index contributed by atoms with van der Waals surface area (Å²) in [4.78, 5) is 21.0. The quantitative estimate of drug-likeness (QED) is 0.682. The van der Waals surface area contributed by atoms with Crippen molar-refractivity contribution >= 4 is 23.2 Å². The van der Waals surface area contributed by atoms with Crippen molar-refractivity contribution in [2.24, 2.45) is 0 Å². The molecule has 6 nitrogen and oxygen atoms in total. The normalized spacial score (nSPS) is 10.3. The summed E-state index contributed by atoms with van der Waals surface area (Å²) in [7, 11) is 1.61. The van der Waals surface area contributed by atoms with Gasteiger partial charge in [0.1, 0.15) is 5.75 Å². The molecule has 3 aromatic rings. The molecule has 27 heavy (non-hydrogen) atoms. The predicted molar refractivity (Wildman–Crippen MR) is 107 cm³/mol. The van der Waals surface area contributed by atoms with Gasteiger partial charge in [-0.2, -0.15) is 0 Å². The van der Waals surface area contributed by atoms with Crippen molar-refractivity contribution in [3.63, 3.8) is 0 Å². The first-order chi connectivity index (χ1) is 13.1. The van der Waals surface area contributed by atoms with Crippen LogP contribution in [0, 0.1) is 6.92 Å². The Bertz CT molecular complexity index is 939. The molecule has 0 saturated heterocycles. The van der Waals surface area contributed by atoms with Crippen LogP contribution >= 0.6 is 0 Å². The first kappa shape index (κ1) is 18.4. The third-order valence-electron chi connectivity index (χ3n) is 4.22. The summed E-state index contributed by atoms with van der Waals surface area (Å²) in [5.41, 5.74) is 4.18. The highest BCUT2D eigenvalue weighted by atomic mass is 16.5. The van der Waals surface area contributed by atoms with Gasteiger partial charge in [-0.25, -0.2) is 9.97 Å². The highest BCUT2D eigenvalue weighted by Crippen LogP contribution is 2.22. The van der Waals surface area contributed by atoms with Gasteiger partial charge in [0.05, 0.1) is 12.7 Å². The number of amides is 1. The third kappa shape index (κ3) is 4.41. The highest BCUT2D eigenvalue weighted by molar-refractivity contribution is 6.04. The number of aromatic nitrogens is 2. The Balaban J connectivity index is 1.72. The first-order valence-electron chi connectivity index (χ1n) is 8.73. The fourth-order valence-corrected chi connectivity index (χ4v) is 2.73. The lowest BCUT2D eigenvalue weighted by Crippen LogP contribution is -2.15. The molecule has 0 saturated carbocycles. The van der Waals surface area contributed by atoms with E-state index >= 15 is 0 Å². The van der Waals surface area contributed by atoms with Gasteiger partial charge >= 0.3 is 0 Å². The zero-order valence-corrected chi connectivity index (χ0v) is 15.6. The Kier molecular flexibility index (Phi) is 5.66. The number of nitrogens with one attached hydrogen (secondary N) is 2. The fraction of sp³-hybridized carbons (Fsp3) is 0.190. The van der Waals surface area contributed by atoms with E-state index in [1.165, 1.54) is 12.4 Å². The lowest BCUT2D eigenvalue weighted by atomic mass is 10.1. The van der Waals surface area contributed by atoms with Crippen LogP contribution in [0.1, 0.15) is 28.4 Å². The molecule has 2 N–H and O–H groups in total. The molecule has 0 unspecified atom stereocenters. The summed E-state index contributed by atoms with van der Waals surface area (Å²) in [6, 6.07) is 13.4. The molecule has 0 aliphatic heterocycles. The largest absolute Gasteiger partial charge is 0.497 e. The molecule has 1 amide bonds. The minimum atomic E-state index is -0.230. The van der Waals surface area contributed by atoms with Gasteiger partial charge in [0, 0.05) is 29.8 Å². The summed E-state index contributed by atoms with van der Waals surface area (Å²) in [5, 5.41) is 6.06. The van der Waals surface area contributed by atoms with Crippen molar-refractivity contribution < 1.29 is 9.53 Å². The Hall–Kier alpha value is -3.41. The molecule has 1 heterocycles. The number of nitrogens with zero attached hydrogens (tertiary/aromatic N) is 2. The molecule has 138 valence electrons. The SMILES string of the molecule is CCc1cccc(C)c1NC(=O)c1cnc(Nc2cccc(OC)c2)nc1. The summed E-state index contributed by atoms with van der Waals surface area (Å²) in [5.74, 6) is 0.915. The van der Waals surface area contributed by atoms with Crippen LogP contribution in [0.3, 0.4) is 0 Å². The Morgan fingerprint density at radius 1 is 1.11 bits per heavy atom. The van der Waals surface area contributed by atoms with Crippen LogP contribution in [0.2, 0.25) is 0 Å². The zero-order valence-electron chi connectivity index (χ0n) is 15.6. The number of hydrogen-bond acceptors (Lipinski definition) is 5. The topological polar surface area (TPSA) is 76.1 Å². The number of carbonyl (C=O) groups is 1. The second-order valence-electron chi connectivity index (χ2n) is 6.07. The minimum absolute atomic E-state index is 0.230. The number of rotatable bonds is 6. The zero-order chi connectivity index (χ0) is 19.2. The van der Waals surface area contributed by atoms with Crippen LogP contribution in [0.5, 0.6) is 5.75 Å². The lowest BCUT2D eigenvalue weighted by molar-refractivity contribution is 0.102. The van der Waals surface area contributed by atoms with Crippen LogP contribution in [0.4, 0.5) is 17.3 Å². The number of hydrogen-bond donors (Lipinski definition) is 2. The lowest BCUT2D eigenvalue weighted by Gasteiger charge is -2.13. The van der Waals surface area contributed by atoms with Crippen LogP contribution in [0.15, 0.2) is 54.9 Å². The van der Waals surface area contributed by atoms with Crippen molar-refractivity contribution in [2.75, 3.05) is 17.7 Å². The van der Waals surface area contributed by atoms with E-state index < -0.39 is 0 Å². The van der Waals surface area contributed by atoms with Gasteiger partial charge in [0.25, 0.3) is 5.91 Å². The predicted octanol–water partition coefficient (Wildman–Crippen LogP) is 4.35. The van der Waals surface area contributed by atoms with E-state index in [9.17, 15) is 4.79 Å². The number of ether oxygens (including phenoxy) is 1. The van der Waals surface area contributed by atoms with Crippen LogP contribution in [0.25, 0.3) is 0 Å². The Morgan fingerprint density at radius 3 is 2.56 bits per heavy atom. The van der Waals surface area contributed by atoms with Crippen molar-refractivity contribution in [3.8, 4) is 5.75 Å². The van der Waals surface area contributed by atoms with E-state index in [-0.39, 0.29) is 5.91 Å². The molecular formula is C21H22N4O2. The van der Waals surface area contributed by atoms with Crippen molar-refractivity contribution in [1.29, 1.82) is 0 Å². The summed E-state index contributed by atoms with van der Waals surface area (Å²) in [6.07, 6.45) is 3.86. The molecule has 3 rings (SSSR count). The van der Waals surface area contributed by atoms with Gasteiger partial charge in [-0.1, -0.05) is 31.2 Å². The molecule has 0 spiro atoms. The van der Waals surface area contributed by atoms with E-state index in [1.54, 1.807) is 7.11 Å². The number of carbonyl (C=O) groups excluding carboxylic acids is 1. The van der Waals surface area contributed by atoms with Crippen molar-refractivity contribution in [2.45, 2.75) is 20.3 Å². The van der Waals surface area contributed by atoms with Gasteiger partial charge < -0.3 is 15.4 Å². The summed E-state index contributed by atoms with van der Waals surface area (Å²) < 4.78 is 5.19. The van der Waals surface area contributed by atoms with E-state index in [1.807, 2.05) is 49.4 Å². The van der Waals surface area contributed by atoms with Crippen molar-refractivity contribution in [1.82, 2.24) is 9.97 Å². The van der Waals surface area contributed by atoms with E-state index in [2.05, 4.69) is 27.5 Å². The maximum Gasteiger partial charge on any atom is 0.258 e. The highest BCUT2D eigenvalue weighted by Gasteiger charge is 2.12. The second kappa shape index (κ2) is 8.31. The standard InChI is InChI=1S/C21H22N4O2/c1-4-15-8-5-7-14(2)19(15)25-20(26)16-12-22-21(23-13-16)24-17-9-6-10-18(11-17)27-3/h5-13H,4H2,1-3H3,(H,25,26)(H,22,23,24). The van der Waals surface area contributed by atoms with Gasteiger partial charge in [-0.3, -0.25) is 4.79 Å². The first-order valence-corrected chi connectivity index (χ1v) is 8.73. The maximum atomic E-state index is 12.6. The number of methoxy groups -OCH3 is 1. The molecule has 1 aromatic heterocycles. The molecule has 0 fully saturated rings. The molecule has 0 radical (unpaired) electrons. The van der Waals surface area contributed by atoms with Crippen LogP contribution in [-0.4, -0.2) is 23.0 Å². The maximum absolute atomic E-state index is 12.6. The number of anilines is 3. The fourth-order valence-electron chi connectivity index (χ4n) is 2.73. The molecule has 0 bridgehead atoms. The smallest absolute Gasteiger partial charge is 0.258 e. The van der Waals surface area contributed by atoms with E-state index in [0.29, 0.717) is 11.5 Å². The average Bonchev–Trinajstić information content (AvgIpc) is 2.70.